The van der Waals surface area contributed by atoms with Gasteiger partial charge in [0.05, 0.1) is 13.2 Å². The van der Waals surface area contributed by atoms with Gasteiger partial charge in [-0.15, -0.1) is 0 Å². The van der Waals surface area contributed by atoms with Crippen LogP contribution in [0.25, 0.3) is 22.3 Å². The number of rotatable bonds is 11. The molecule has 5 aliphatic rings. The third-order valence-electron chi connectivity index (χ3n) is 12.4. The first-order valence-electron chi connectivity index (χ1n) is 19.7. The lowest BCUT2D eigenvalue weighted by molar-refractivity contribution is -0.134. The molecule has 3 aromatic rings. The zero-order chi connectivity index (χ0) is 38.1. The number of carbonyl (C=O) groups excluding carboxylic acids is 3. The third-order valence-corrected chi connectivity index (χ3v) is 12.4. The molecule has 8 rings (SSSR count). The number of aliphatic imine (C=N–C) groups is 2. The molecular weight excluding hydrogens is 691 g/mol. The molecule has 2 bridgehead atoms. The molecule has 3 amide bonds. The minimum absolute atomic E-state index is 0.0284. The Morgan fingerprint density at radius 3 is 2.05 bits per heavy atom. The Bertz CT molecular complexity index is 2060. The van der Waals surface area contributed by atoms with Crippen LogP contribution in [0.4, 0.5) is 4.79 Å². The number of hydrogen-bond donors (Lipinski definition) is 2. The number of alkyl carbamates (subject to hydrolysis) is 1. The van der Waals surface area contributed by atoms with E-state index < -0.39 is 12.1 Å². The molecule has 55 heavy (non-hydrogen) atoms. The van der Waals surface area contributed by atoms with Gasteiger partial charge in [-0.1, -0.05) is 62.4 Å². The molecule has 1 saturated heterocycles. The fraction of sp³-hybridized carbons (Fsp3) is 0.432. The molecule has 6 atom stereocenters. The van der Waals surface area contributed by atoms with Gasteiger partial charge in [0.2, 0.25) is 11.8 Å². The fourth-order valence-corrected chi connectivity index (χ4v) is 9.54. The predicted molar refractivity (Wildman–Crippen MR) is 213 cm³/mol. The monoisotopic (exact) mass is 739 g/mol. The van der Waals surface area contributed by atoms with Gasteiger partial charge >= 0.3 is 6.09 Å². The highest BCUT2D eigenvalue weighted by Crippen LogP contribution is 2.54. The van der Waals surface area contributed by atoms with Crippen molar-refractivity contribution < 1.29 is 19.1 Å². The molecule has 11 heteroatoms. The van der Waals surface area contributed by atoms with Crippen LogP contribution in [-0.2, 0) is 20.9 Å². The van der Waals surface area contributed by atoms with Crippen LogP contribution in [-0.4, -0.2) is 69.9 Å². The molecule has 1 aromatic heterocycles. The SMILES string of the molecule is COC(=O)N[C@H](C(=O)N1CCC[C@H]1C1=NC=C(c2ccc(-c3ccc(C4=CN=C([C@@H]5C6CCC(C6)[C@H]5C(=O)NCc5cncnc5)C4)cc3)cc2)C1)C(C)C. The van der Waals surface area contributed by atoms with Crippen LogP contribution in [0.1, 0.15) is 75.5 Å². The van der Waals surface area contributed by atoms with Gasteiger partial charge < -0.3 is 20.3 Å². The zero-order valence-corrected chi connectivity index (χ0v) is 31.8. The number of allylic oxidation sites excluding steroid dienone is 2. The maximum Gasteiger partial charge on any atom is 0.407 e. The van der Waals surface area contributed by atoms with Crippen molar-refractivity contribution in [2.75, 3.05) is 13.7 Å². The maximum atomic E-state index is 13.6. The maximum absolute atomic E-state index is 13.6. The van der Waals surface area contributed by atoms with Crippen molar-refractivity contribution in [2.24, 2.45) is 39.6 Å². The lowest BCUT2D eigenvalue weighted by Gasteiger charge is -2.31. The largest absolute Gasteiger partial charge is 0.453 e. The van der Waals surface area contributed by atoms with E-state index in [-0.39, 0.29) is 35.6 Å². The summed E-state index contributed by atoms with van der Waals surface area (Å²) < 4.78 is 4.78. The van der Waals surface area contributed by atoms with E-state index in [1.807, 2.05) is 31.1 Å². The quantitative estimate of drug-likeness (QED) is 0.220. The van der Waals surface area contributed by atoms with E-state index in [2.05, 4.69) is 69.1 Å². The van der Waals surface area contributed by atoms with Crippen LogP contribution in [0.2, 0.25) is 0 Å². The van der Waals surface area contributed by atoms with E-state index >= 15 is 0 Å². The molecule has 2 saturated carbocycles. The minimum Gasteiger partial charge on any atom is -0.453 e. The highest BCUT2D eigenvalue weighted by molar-refractivity contribution is 6.04. The number of likely N-dealkylation sites (tertiary alicyclic amines) is 1. The normalized spacial score (nSPS) is 24.7. The van der Waals surface area contributed by atoms with Gasteiger partial charge in [0.15, 0.2) is 0 Å². The average molecular weight is 740 g/mol. The van der Waals surface area contributed by atoms with Crippen molar-refractivity contribution in [3.63, 3.8) is 0 Å². The standard InChI is InChI=1S/C44H49N7O4/c1-26(2)41(50-44(54)55-3)43(53)51-16-4-5-38(51)36-18-34(23-47-36)30-10-6-28(7-11-30)29-8-12-31(13-9-29)35-19-37(48-24-35)39-32-14-15-33(17-32)40(39)42(52)49-22-27-20-45-25-46-21-27/h6-13,20-21,23-26,32-33,38-41H,4-5,14-19,22H2,1-3H3,(H,49,52)(H,50,54)/t32?,33?,38-,39-,40+,41-/m0/s1. The average Bonchev–Trinajstić information content (AvgIpc) is 4.07. The number of methoxy groups -OCH3 is 1. The Labute approximate surface area is 322 Å². The smallest absolute Gasteiger partial charge is 0.407 e. The molecule has 11 nitrogen and oxygen atoms in total. The van der Waals surface area contributed by atoms with Gasteiger partial charge in [-0.3, -0.25) is 19.6 Å². The van der Waals surface area contributed by atoms with Gasteiger partial charge in [0.1, 0.15) is 12.4 Å². The van der Waals surface area contributed by atoms with Crippen LogP contribution >= 0.6 is 0 Å². The second-order valence-corrected chi connectivity index (χ2v) is 16.0. The second-order valence-electron chi connectivity index (χ2n) is 16.0. The Hall–Kier alpha value is -5.45. The lowest BCUT2D eigenvalue weighted by Crippen LogP contribution is -2.53. The third kappa shape index (κ3) is 7.49. The van der Waals surface area contributed by atoms with Crippen LogP contribution in [0.3, 0.4) is 0 Å². The van der Waals surface area contributed by atoms with Gasteiger partial charge in [0, 0.05) is 79.5 Å². The number of nitrogens with zero attached hydrogens (tertiary/aromatic N) is 5. The highest BCUT2D eigenvalue weighted by Gasteiger charge is 2.52. The van der Waals surface area contributed by atoms with Crippen LogP contribution in [0.15, 0.2) is 89.6 Å². The molecule has 3 aliphatic heterocycles. The topological polar surface area (TPSA) is 138 Å². The lowest BCUT2D eigenvalue weighted by atomic mass is 9.75. The fourth-order valence-electron chi connectivity index (χ4n) is 9.54. The molecule has 2 aliphatic carbocycles. The molecule has 4 heterocycles. The number of hydrogen-bond acceptors (Lipinski definition) is 8. The summed E-state index contributed by atoms with van der Waals surface area (Å²) in [6.07, 6.45) is 15.0. The first kappa shape index (κ1) is 36.5. The van der Waals surface area contributed by atoms with Crippen molar-refractivity contribution >= 4 is 40.5 Å². The van der Waals surface area contributed by atoms with E-state index in [0.29, 0.717) is 31.3 Å². The molecule has 0 spiro atoms. The number of ether oxygens (including phenoxy) is 1. The Morgan fingerprint density at radius 2 is 1.42 bits per heavy atom. The minimum atomic E-state index is -0.647. The summed E-state index contributed by atoms with van der Waals surface area (Å²) in [5.41, 5.74) is 9.94. The van der Waals surface area contributed by atoms with E-state index in [0.717, 1.165) is 76.9 Å². The summed E-state index contributed by atoms with van der Waals surface area (Å²) in [6, 6.07) is 16.6. The number of fused-ring (bicyclic) bond motifs is 2. The van der Waals surface area contributed by atoms with Gasteiger partial charge in [-0.05, 0) is 83.3 Å². The molecule has 0 radical (unpaired) electrons. The number of benzene rings is 2. The van der Waals surface area contributed by atoms with Crippen LogP contribution in [0, 0.1) is 29.6 Å². The molecule has 2 N–H and O–H groups in total. The van der Waals surface area contributed by atoms with Crippen molar-refractivity contribution in [3.05, 3.63) is 96.3 Å². The Kier molecular flexibility index (Phi) is 10.4. The Morgan fingerprint density at radius 1 is 0.818 bits per heavy atom. The predicted octanol–water partition coefficient (Wildman–Crippen LogP) is 6.87. The summed E-state index contributed by atoms with van der Waals surface area (Å²) in [7, 11) is 1.31. The van der Waals surface area contributed by atoms with E-state index in [1.54, 1.807) is 12.4 Å². The van der Waals surface area contributed by atoms with Crippen molar-refractivity contribution in [3.8, 4) is 11.1 Å². The zero-order valence-electron chi connectivity index (χ0n) is 31.8. The van der Waals surface area contributed by atoms with Gasteiger partial charge in [-0.2, -0.15) is 0 Å². The number of nitrogens with one attached hydrogen (secondary N) is 2. The molecule has 2 unspecified atom stereocenters. The number of amides is 3. The Balaban J connectivity index is 0.863. The summed E-state index contributed by atoms with van der Waals surface area (Å²) >= 11 is 0. The molecular formula is C44H49N7O4. The van der Waals surface area contributed by atoms with E-state index in [4.69, 9.17) is 14.7 Å². The van der Waals surface area contributed by atoms with Crippen LogP contribution in [0.5, 0.6) is 0 Å². The van der Waals surface area contributed by atoms with E-state index in [1.165, 1.54) is 25.4 Å². The number of carbonyl (C=O) groups is 3. The second kappa shape index (κ2) is 15.7. The number of aromatic nitrogens is 2. The molecule has 284 valence electrons. The van der Waals surface area contributed by atoms with Crippen molar-refractivity contribution in [2.45, 2.75) is 77.4 Å². The first-order chi connectivity index (χ1) is 26.8. The molecule has 2 aromatic carbocycles. The van der Waals surface area contributed by atoms with Crippen molar-refractivity contribution in [1.29, 1.82) is 0 Å². The first-order valence-corrected chi connectivity index (χ1v) is 19.7. The van der Waals surface area contributed by atoms with Crippen molar-refractivity contribution in [1.82, 2.24) is 25.5 Å². The summed E-state index contributed by atoms with van der Waals surface area (Å²) in [4.78, 5) is 58.8. The summed E-state index contributed by atoms with van der Waals surface area (Å²) in [5.74, 6) is 1.09. The summed E-state index contributed by atoms with van der Waals surface area (Å²) in [6.45, 7) is 4.95. The summed E-state index contributed by atoms with van der Waals surface area (Å²) in [5, 5.41) is 5.89. The van der Waals surface area contributed by atoms with Gasteiger partial charge in [0.25, 0.3) is 0 Å². The highest BCUT2D eigenvalue weighted by atomic mass is 16.5. The van der Waals surface area contributed by atoms with Crippen LogP contribution < -0.4 is 10.6 Å². The van der Waals surface area contributed by atoms with Gasteiger partial charge in [-0.25, -0.2) is 14.8 Å². The molecule has 3 fully saturated rings. The van der Waals surface area contributed by atoms with E-state index in [9.17, 15) is 14.4 Å².